The average Bonchev–Trinajstić information content (AvgIpc) is 3.36. The van der Waals surface area contributed by atoms with Crippen molar-refractivity contribution in [1.29, 1.82) is 0 Å². The Bertz CT molecular complexity index is 1410. The molecular weight excluding hydrogens is 562 g/mol. The largest absolute Gasteiger partial charge is 0.481 e. The molecule has 1 saturated heterocycles. The Labute approximate surface area is 257 Å². The highest BCUT2D eigenvalue weighted by atomic mass is 16.6. The first kappa shape index (κ1) is 32.3. The SMILES string of the molecule is CC(CCC(C)C(=O)O)C(=O)O.O=C(OCC1c2ccccc2-c2ccccc21)N1CCC(C(=O)O)(c2ccccc2)CC1. The van der Waals surface area contributed by atoms with Crippen molar-refractivity contribution in [2.45, 2.75) is 50.9 Å². The van der Waals surface area contributed by atoms with Crippen LogP contribution in [0.25, 0.3) is 11.1 Å². The van der Waals surface area contributed by atoms with Gasteiger partial charge < -0.3 is 25.0 Å². The van der Waals surface area contributed by atoms with Crippen molar-refractivity contribution in [3.63, 3.8) is 0 Å². The number of nitrogens with zero attached hydrogens (tertiary/aromatic N) is 1. The Morgan fingerprint density at radius 3 is 1.66 bits per heavy atom. The summed E-state index contributed by atoms with van der Waals surface area (Å²) in [5.74, 6) is -3.46. The van der Waals surface area contributed by atoms with Gasteiger partial charge in [0.25, 0.3) is 0 Å². The Kier molecular flexibility index (Phi) is 10.4. The smallest absolute Gasteiger partial charge is 0.409 e. The van der Waals surface area contributed by atoms with Gasteiger partial charge in [0.2, 0.25) is 0 Å². The minimum Gasteiger partial charge on any atom is -0.481 e. The first-order chi connectivity index (χ1) is 21.0. The number of amides is 1. The summed E-state index contributed by atoms with van der Waals surface area (Å²) in [6, 6.07) is 25.8. The molecular formula is C35H39NO8. The topological polar surface area (TPSA) is 141 Å². The van der Waals surface area contributed by atoms with E-state index in [1.165, 1.54) is 22.3 Å². The quantitative estimate of drug-likeness (QED) is 0.261. The number of hydrogen-bond donors (Lipinski definition) is 3. The van der Waals surface area contributed by atoms with E-state index < -0.39 is 35.2 Å². The first-order valence-electron chi connectivity index (χ1n) is 14.9. The maximum absolute atomic E-state index is 12.9. The van der Waals surface area contributed by atoms with E-state index in [-0.39, 0.29) is 18.6 Å². The molecule has 5 rings (SSSR count). The molecule has 0 bridgehead atoms. The van der Waals surface area contributed by atoms with E-state index in [4.69, 9.17) is 14.9 Å². The number of aliphatic carboxylic acids is 3. The molecule has 1 aliphatic heterocycles. The molecule has 44 heavy (non-hydrogen) atoms. The second-order valence-corrected chi connectivity index (χ2v) is 11.6. The maximum atomic E-state index is 12.9. The normalized spacial score (nSPS) is 16.4. The monoisotopic (exact) mass is 601 g/mol. The summed E-state index contributed by atoms with van der Waals surface area (Å²) >= 11 is 0. The van der Waals surface area contributed by atoms with Crippen LogP contribution in [0.4, 0.5) is 4.79 Å². The molecule has 3 aromatic carbocycles. The molecule has 0 aromatic heterocycles. The van der Waals surface area contributed by atoms with Crippen molar-refractivity contribution in [1.82, 2.24) is 4.90 Å². The molecule has 2 unspecified atom stereocenters. The van der Waals surface area contributed by atoms with E-state index in [0.29, 0.717) is 38.8 Å². The Hall–Kier alpha value is -4.66. The Balaban J connectivity index is 0.000000314. The molecule has 0 spiro atoms. The van der Waals surface area contributed by atoms with E-state index in [2.05, 4.69) is 24.3 Å². The Morgan fingerprint density at radius 1 is 0.750 bits per heavy atom. The van der Waals surface area contributed by atoms with Crippen molar-refractivity contribution in [2.75, 3.05) is 19.7 Å². The van der Waals surface area contributed by atoms with E-state index in [0.717, 1.165) is 5.56 Å². The number of carbonyl (C=O) groups is 4. The highest BCUT2D eigenvalue weighted by molar-refractivity contribution is 5.82. The highest BCUT2D eigenvalue weighted by Gasteiger charge is 2.44. The van der Waals surface area contributed by atoms with Crippen molar-refractivity contribution >= 4 is 24.0 Å². The van der Waals surface area contributed by atoms with Gasteiger partial charge in [0.05, 0.1) is 17.3 Å². The summed E-state index contributed by atoms with van der Waals surface area (Å²) in [6.45, 7) is 4.15. The number of carboxylic acids is 3. The third kappa shape index (κ3) is 7.10. The number of carbonyl (C=O) groups excluding carboxylic acids is 1. The molecule has 0 saturated carbocycles. The van der Waals surface area contributed by atoms with Gasteiger partial charge in [-0.2, -0.15) is 0 Å². The number of piperidine rings is 1. The fraction of sp³-hybridized carbons (Fsp3) is 0.371. The third-order valence-electron chi connectivity index (χ3n) is 8.82. The van der Waals surface area contributed by atoms with Crippen molar-refractivity contribution in [3.8, 4) is 11.1 Å². The summed E-state index contributed by atoms with van der Waals surface area (Å²) in [4.78, 5) is 47.3. The van der Waals surface area contributed by atoms with Gasteiger partial charge in [0.1, 0.15) is 6.61 Å². The van der Waals surface area contributed by atoms with Crippen LogP contribution in [-0.4, -0.2) is 63.9 Å². The molecule has 9 heteroatoms. The van der Waals surface area contributed by atoms with Gasteiger partial charge in [-0.3, -0.25) is 14.4 Å². The number of hydrogen-bond acceptors (Lipinski definition) is 5. The average molecular weight is 602 g/mol. The molecule has 0 radical (unpaired) electrons. The van der Waals surface area contributed by atoms with Crippen LogP contribution in [0.1, 0.15) is 62.1 Å². The van der Waals surface area contributed by atoms with Gasteiger partial charge in [-0.15, -0.1) is 0 Å². The van der Waals surface area contributed by atoms with E-state index in [1.54, 1.807) is 18.7 Å². The van der Waals surface area contributed by atoms with Gasteiger partial charge in [0.15, 0.2) is 0 Å². The summed E-state index contributed by atoms with van der Waals surface area (Å²) in [5.41, 5.74) is 4.57. The number of fused-ring (bicyclic) bond motifs is 3. The predicted molar refractivity (Wildman–Crippen MR) is 164 cm³/mol. The molecule has 3 aromatic rings. The standard InChI is InChI=1S/C27H25NO4.C8H14O4/c29-25(30)27(19-8-2-1-3-9-19)14-16-28(17-15-27)26(31)32-18-24-22-12-6-4-10-20(22)21-11-5-7-13-23(21)24;1-5(7(9)10)3-4-6(2)8(11)12/h1-13,24H,14-18H2,(H,29,30);5-6H,3-4H2,1-2H3,(H,9,10)(H,11,12). The minimum absolute atomic E-state index is 0.0126. The number of ether oxygens (including phenoxy) is 1. The van der Waals surface area contributed by atoms with E-state index in [9.17, 15) is 24.3 Å². The van der Waals surface area contributed by atoms with Crippen molar-refractivity contribution in [3.05, 3.63) is 95.6 Å². The van der Waals surface area contributed by atoms with Crippen molar-refractivity contribution in [2.24, 2.45) is 11.8 Å². The number of rotatable bonds is 9. The number of likely N-dealkylation sites (tertiary alicyclic amines) is 1. The fourth-order valence-corrected chi connectivity index (χ4v) is 5.89. The molecule has 1 aliphatic carbocycles. The summed E-state index contributed by atoms with van der Waals surface area (Å²) < 4.78 is 5.75. The van der Waals surface area contributed by atoms with Crippen LogP contribution in [0.2, 0.25) is 0 Å². The second-order valence-electron chi connectivity index (χ2n) is 11.6. The molecule has 9 nitrogen and oxygen atoms in total. The minimum atomic E-state index is -0.957. The lowest BCUT2D eigenvalue weighted by atomic mass is 9.73. The number of carboxylic acid groups (broad SMARTS) is 3. The van der Waals surface area contributed by atoms with Gasteiger partial charge in [-0.05, 0) is 53.5 Å². The first-order valence-corrected chi connectivity index (χ1v) is 14.9. The lowest BCUT2D eigenvalue weighted by Gasteiger charge is -2.38. The van der Waals surface area contributed by atoms with Crippen LogP contribution in [0.5, 0.6) is 0 Å². The predicted octanol–water partition coefficient (Wildman–Crippen LogP) is 6.26. The molecule has 1 heterocycles. The summed E-state index contributed by atoms with van der Waals surface area (Å²) in [7, 11) is 0. The highest BCUT2D eigenvalue weighted by Crippen LogP contribution is 2.44. The lowest BCUT2D eigenvalue weighted by Crippen LogP contribution is -2.49. The molecule has 232 valence electrons. The fourth-order valence-electron chi connectivity index (χ4n) is 5.89. The van der Waals surface area contributed by atoms with Gasteiger partial charge in [0, 0.05) is 19.0 Å². The summed E-state index contributed by atoms with van der Waals surface area (Å²) in [6.07, 6.45) is 1.21. The van der Waals surface area contributed by atoms with Crippen LogP contribution in [0, 0.1) is 11.8 Å². The third-order valence-corrected chi connectivity index (χ3v) is 8.82. The van der Waals surface area contributed by atoms with E-state index >= 15 is 0 Å². The van der Waals surface area contributed by atoms with Gasteiger partial charge in [-0.25, -0.2) is 4.79 Å². The van der Waals surface area contributed by atoms with Gasteiger partial charge >= 0.3 is 24.0 Å². The maximum Gasteiger partial charge on any atom is 0.409 e. The zero-order chi connectivity index (χ0) is 31.9. The van der Waals surface area contributed by atoms with E-state index in [1.807, 2.05) is 54.6 Å². The molecule has 3 N–H and O–H groups in total. The summed E-state index contributed by atoms with van der Waals surface area (Å²) in [5, 5.41) is 26.9. The molecule has 1 fully saturated rings. The van der Waals surface area contributed by atoms with Crippen LogP contribution in [-0.2, 0) is 24.5 Å². The van der Waals surface area contributed by atoms with Crippen LogP contribution >= 0.6 is 0 Å². The van der Waals surface area contributed by atoms with Crippen molar-refractivity contribution < 1.29 is 39.2 Å². The van der Waals surface area contributed by atoms with Crippen LogP contribution < -0.4 is 0 Å². The van der Waals surface area contributed by atoms with Gasteiger partial charge in [-0.1, -0.05) is 92.7 Å². The van der Waals surface area contributed by atoms with Crippen LogP contribution in [0.3, 0.4) is 0 Å². The zero-order valence-corrected chi connectivity index (χ0v) is 25.0. The lowest BCUT2D eigenvalue weighted by molar-refractivity contribution is -0.146. The molecule has 2 aliphatic rings. The Morgan fingerprint density at radius 2 is 1.20 bits per heavy atom. The molecule has 1 amide bonds. The molecule has 2 atom stereocenters. The zero-order valence-electron chi connectivity index (χ0n) is 25.0. The number of benzene rings is 3. The van der Waals surface area contributed by atoms with Crippen LogP contribution in [0.15, 0.2) is 78.9 Å². The second kappa shape index (κ2) is 14.2.